The third kappa shape index (κ3) is 5.60. The molecule has 1 amide bonds. The lowest BCUT2D eigenvalue weighted by atomic mass is 9.97. The van der Waals surface area contributed by atoms with Crippen molar-refractivity contribution >= 4 is 38.9 Å². The van der Waals surface area contributed by atoms with Gasteiger partial charge in [-0.05, 0) is 49.7 Å². The van der Waals surface area contributed by atoms with E-state index in [1.807, 2.05) is 6.07 Å². The third-order valence-corrected chi connectivity index (χ3v) is 9.46. The van der Waals surface area contributed by atoms with Crippen LogP contribution in [0, 0.1) is 0 Å². The SMILES string of the molecule is COc1nn(C)cc1C(=O)NCC1=NC(c2sc3c(NC4CC5CCC(C4)N5C)cccc3c2CC(F)(F)F)NO1. The van der Waals surface area contributed by atoms with Crippen molar-refractivity contribution in [2.24, 2.45) is 12.0 Å². The monoisotopic (exact) mass is 591 g/mol. The number of aromatic nitrogens is 2. The van der Waals surface area contributed by atoms with E-state index >= 15 is 0 Å². The molecular weight excluding hydrogens is 559 g/mol. The van der Waals surface area contributed by atoms with Crippen LogP contribution in [0.25, 0.3) is 10.1 Å². The minimum atomic E-state index is -4.40. The number of carbonyl (C=O) groups excluding carboxylic acids is 1. The van der Waals surface area contributed by atoms with E-state index in [0.717, 1.165) is 23.2 Å². The summed E-state index contributed by atoms with van der Waals surface area (Å²) in [5, 5.41) is 11.0. The number of benzene rings is 1. The Hall–Kier alpha value is -3.36. The van der Waals surface area contributed by atoms with Gasteiger partial charge < -0.3 is 25.1 Å². The van der Waals surface area contributed by atoms with E-state index in [9.17, 15) is 18.0 Å². The summed E-state index contributed by atoms with van der Waals surface area (Å²) in [4.78, 5) is 25.5. The number of aryl methyl sites for hydroxylation is 1. The van der Waals surface area contributed by atoms with Crippen LogP contribution in [0.1, 0.15) is 52.6 Å². The number of nitrogens with one attached hydrogen (secondary N) is 3. The number of aliphatic imine (C=N–C) groups is 1. The summed E-state index contributed by atoms with van der Waals surface area (Å²) >= 11 is 1.29. The van der Waals surface area contributed by atoms with Crippen LogP contribution in [0.2, 0.25) is 0 Å². The minimum absolute atomic E-state index is 0.0643. The first-order chi connectivity index (χ1) is 19.6. The van der Waals surface area contributed by atoms with E-state index in [1.54, 1.807) is 19.2 Å². The molecule has 3 aliphatic rings. The van der Waals surface area contributed by atoms with Crippen molar-refractivity contribution in [2.75, 3.05) is 26.0 Å². The van der Waals surface area contributed by atoms with E-state index in [-0.39, 0.29) is 35.5 Å². The zero-order valence-corrected chi connectivity index (χ0v) is 23.7. The van der Waals surface area contributed by atoms with Crippen molar-refractivity contribution in [3.63, 3.8) is 0 Å². The molecule has 41 heavy (non-hydrogen) atoms. The summed E-state index contributed by atoms with van der Waals surface area (Å²) in [7, 11) is 5.26. The summed E-state index contributed by atoms with van der Waals surface area (Å²) < 4.78 is 48.6. The van der Waals surface area contributed by atoms with Gasteiger partial charge in [-0.3, -0.25) is 9.48 Å². The normalized spacial score (nSPS) is 24.4. The molecule has 0 spiro atoms. The number of hydroxylamine groups is 1. The summed E-state index contributed by atoms with van der Waals surface area (Å²) in [6, 6.07) is 6.83. The fraction of sp³-hybridized carbons (Fsp3) is 0.519. The first kappa shape index (κ1) is 27.8. The Morgan fingerprint density at radius 2 is 2.00 bits per heavy atom. The van der Waals surface area contributed by atoms with Crippen LogP contribution in [0.15, 0.2) is 29.4 Å². The lowest BCUT2D eigenvalue weighted by Crippen LogP contribution is -2.44. The average Bonchev–Trinajstić information content (AvgIpc) is 3.67. The predicted molar refractivity (Wildman–Crippen MR) is 149 cm³/mol. The smallest absolute Gasteiger partial charge is 0.393 e. The maximum Gasteiger partial charge on any atom is 0.393 e. The van der Waals surface area contributed by atoms with Gasteiger partial charge >= 0.3 is 6.18 Å². The number of anilines is 1. The lowest BCUT2D eigenvalue weighted by Gasteiger charge is -2.37. The fourth-order valence-electron chi connectivity index (χ4n) is 6.20. The van der Waals surface area contributed by atoms with Gasteiger partial charge in [0.05, 0.1) is 35.3 Å². The Morgan fingerprint density at radius 1 is 1.24 bits per heavy atom. The molecule has 3 aromatic rings. The highest BCUT2D eigenvalue weighted by Crippen LogP contribution is 2.44. The lowest BCUT2D eigenvalue weighted by molar-refractivity contribution is -0.127. The van der Waals surface area contributed by atoms with Crippen molar-refractivity contribution in [3.05, 3.63) is 40.4 Å². The van der Waals surface area contributed by atoms with Gasteiger partial charge in [-0.15, -0.1) is 21.9 Å². The molecule has 2 saturated heterocycles. The predicted octanol–water partition coefficient (Wildman–Crippen LogP) is 4.15. The van der Waals surface area contributed by atoms with Crippen molar-refractivity contribution in [1.82, 2.24) is 25.5 Å². The Labute approximate surface area is 238 Å². The molecule has 0 aliphatic carbocycles. The van der Waals surface area contributed by atoms with Crippen LogP contribution in [-0.4, -0.2) is 71.5 Å². The van der Waals surface area contributed by atoms with Gasteiger partial charge in [0.25, 0.3) is 5.91 Å². The Morgan fingerprint density at radius 3 is 2.71 bits per heavy atom. The quantitative estimate of drug-likeness (QED) is 0.362. The minimum Gasteiger partial charge on any atom is -0.479 e. The fourth-order valence-corrected chi connectivity index (χ4v) is 7.47. The van der Waals surface area contributed by atoms with E-state index in [0.29, 0.717) is 22.3 Å². The summed E-state index contributed by atoms with van der Waals surface area (Å²) in [6.07, 6.45) is -0.393. The summed E-state index contributed by atoms with van der Waals surface area (Å²) in [5.41, 5.74) is 4.01. The largest absolute Gasteiger partial charge is 0.479 e. The van der Waals surface area contributed by atoms with Gasteiger partial charge in [-0.25, -0.2) is 4.99 Å². The number of methoxy groups -OCH3 is 1. The molecule has 6 rings (SSSR count). The van der Waals surface area contributed by atoms with Gasteiger partial charge in [0.1, 0.15) is 5.56 Å². The molecular formula is C27H32F3N7O3S. The van der Waals surface area contributed by atoms with E-state index < -0.39 is 24.7 Å². The first-order valence-corrected chi connectivity index (χ1v) is 14.4. The van der Waals surface area contributed by atoms with Gasteiger partial charge in [0, 0.05) is 31.4 Å². The maximum atomic E-state index is 13.8. The summed E-state index contributed by atoms with van der Waals surface area (Å²) in [6.45, 7) is -0.0643. The molecule has 3 N–H and O–H groups in total. The number of piperidine rings is 1. The summed E-state index contributed by atoms with van der Waals surface area (Å²) in [5.74, 6) is -0.112. The number of alkyl halides is 3. The molecule has 14 heteroatoms. The highest BCUT2D eigenvalue weighted by molar-refractivity contribution is 7.20. The van der Waals surface area contributed by atoms with Gasteiger partial charge in [0.15, 0.2) is 6.17 Å². The number of halogens is 3. The second-order valence-corrected chi connectivity index (χ2v) is 11.9. The molecule has 1 aromatic carbocycles. The second-order valence-electron chi connectivity index (χ2n) is 10.8. The van der Waals surface area contributed by atoms with Crippen LogP contribution < -0.4 is 20.9 Å². The van der Waals surface area contributed by atoms with Crippen molar-refractivity contribution in [2.45, 2.75) is 62.6 Å². The number of fused-ring (bicyclic) bond motifs is 3. The molecule has 220 valence electrons. The van der Waals surface area contributed by atoms with Crippen molar-refractivity contribution in [1.29, 1.82) is 0 Å². The zero-order valence-electron chi connectivity index (χ0n) is 22.9. The number of amides is 1. The molecule has 2 bridgehead atoms. The highest BCUT2D eigenvalue weighted by atomic mass is 32.1. The highest BCUT2D eigenvalue weighted by Gasteiger charge is 2.39. The van der Waals surface area contributed by atoms with Gasteiger partial charge in [0.2, 0.25) is 11.8 Å². The molecule has 2 fully saturated rings. The molecule has 0 radical (unpaired) electrons. The van der Waals surface area contributed by atoms with E-state index in [2.05, 4.69) is 38.2 Å². The molecule has 3 aliphatic heterocycles. The number of ether oxygens (including phenoxy) is 1. The van der Waals surface area contributed by atoms with Crippen molar-refractivity contribution in [3.8, 4) is 5.88 Å². The Kier molecular flexibility index (Phi) is 7.32. The number of thiophene rings is 1. The van der Waals surface area contributed by atoms with Crippen LogP contribution in [0.5, 0.6) is 5.88 Å². The van der Waals surface area contributed by atoms with Crippen LogP contribution in [0.4, 0.5) is 18.9 Å². The number of hydrogen-bond donors (Lipinski definition) is 3. The first-order valence-electron chi connectivity index (χ1n) is 13.5. The maximum absolute atomic E-state index is 13.8. The molecule has 10 nitrogen and oxygen atoms in total. The second kappa shape index (κ2) is 10.8. The average molecular weight is 592 g/mol. The molecule has 3 atom stereocenters. The molecule has 2 aromatic heterocycles. The molecule has 5 heterocycles. The number of hydrogen-bond acceptors (Lipinski definition) is 9. The van der Waals surface area contributed by atoms with E-state index in [1.165, 1.54) is 42.2 Å². The van der Waals surface area contributed by atoms with Gasteiger partial charge in [-0.1, -0.05) is 12.1 Å². The number of nitrogens with zero attached hydrogens (tertiary/aromatic N) is 4. The molecule has 0 saturated carbocycles. The number of carbonyl (C=O) groups is 1. The standard InChI is InChI=1S/C27H32F3N7O3S/c1-36-13-19(26(34-36)39-3)25(38)31-12-21-33-24(35-40-21)23-18(11-27(28,29)30)17-5-4-6-20(22(17)41-23)32-14-9-15-7-8-16(10-14)37(15)2/h4-6,13-16,24,32,35H,7-12H2,1-3H3,(H,31,38). The Balaban J connectivity index is 1.24. The van der Waals surface area contributed by atoms with Gasteiger partial charge in [-0.2, -0.15) is 13.2 Å². The van der Waals surface area contributed by atoms with Crippen molar-refractivity contribution < 1.29 is 27.5 Å². The van der Waals surface area contributed by atoms with E-state index in [4.69, 9.17) is 9.57 Å². The third-order valence-electron chi connectivity index (χ3n) is 8.13. The van der Waals surface area contributed by atoms with Crippen LogP contribution in [-0.2, 0) is 18.3 Å². The Bertz CT molecular complexity index is 1470. The number of rotatable bonds is 8. The van der Waals surface area contributed by atoms with Crippen LogP contribution in [0.3, 0.4) is 0 Å². The molecule has 3 unspecified atom stereocenters. The van der Waals surface area contributed by atoms with Crippen LogP contribution >= 0.6 is 11.3 Å². The zero-order chi connectivity index (χ0) is 28.9. The topological polar surface area (TPSA) is 105 Å².